The molecule has 0 aliphatic carbocycles. The van der Waals surface area contributed by atoms with Crippen molar-refractivity contribution in [1.29, 1.82) is 0 Å². The third-order valence-electron chi connectivity index (χ3n) is 3.70. The van der Waals surface area contributed by atoms with Gasteiger partial charge in [0, 0.05) is 18.3 Å². The van der Waals surface area contributed by atoms with E-state index in [2.05, 4.69) is 9.97 Å². The van der Waals surface area contributed by atoms with Crippen molar-refractivity contribution in [2.75, 3.05) is 7.05 Å². The number of fused-ring (bicyclic) bond motifs is 1. The van der Waals surface area contributed by atoms with Gasteiger partial charge in [-0.15, -0.1) is 11.3 Å². The van der Waals surface area contributed by atoms with Crippen LogP contribution < -0.4 is 0 Å². The van der Waals surface area contributed by atoms with E-state index in [9.17, 15) is 21.6 Å². The molecule has 0 bridgehead atoms. The van der Waals surface area contributed by atoms with Crippen LogP contribution in [0.5, 0.6) is 0 Å². The summed E-state index contributed by atoms with van der Waals surface area (Å²) in [5, 5.41) is 0.250. The summed E-state index contributed by atoms with van der Waals surface area (Å²) in [6, 6.07) is 3.76. The predicted molar refractivity (Wildman–Crippen MR) is 92.6 cm³/mol. The van der Waals surface area contributed by atoms with E-state index < -0.39 is 22.2 Å². The van der Waals surface area contributed by atoms with E-state index in [0.29, 0.717) is 14.7 Å². The molecule has 0 spiro atoms. The Kier molecular flexibility index (Phi) is 4.95. The molecule has 0 saturated heterocycles. The normalized spacial score (nSPS) is 14.1. The minimum Gasteiger partial charge on any atom is -0.234 e. The topological polar surface area (TPSA) is 63.2 Å². The van der Waals surface area contributed by atoms with Gasteiger partial charge in [0.05, 0.1) is 10.2 Å². The third kappa shape index (κ3) is 3.54. The molecule has 26 heavy (non-hydrogen) atoms. The number of pyridine rings is 1. The summed E-state index contributed by atoms with van der Waals surface area (Å²) >= 11 is 6.86. The number of hydrogen-bond acceptors (Lipinski definition) is 5. The molecule has 1 aromatic carbocycles. The summed E-state index contributed by atoms with van der Waals surface area (Å²) in [4.78, 5) is 7.48. The second-order valence-corrected chi connectivity index (χ2v) is 8.68. The minimum absolute atomic E-state index is 0.236. The van der Waals surface area contributed by atoms with E-state index in [1.165, 1.54) is 23.7 Å². The van der Waals surface area contributed by atoms with Gasteiger partial charge in [-0.05, 0) is 23.8 Å². The van der Waals surface area contributed by atoms with Gasteiger partial charge < -0.3 is 0 Å². The number of sulfonamides is 1. The molecular weight excluding hydrogens is 411 g/mol. The molecular formula is C15H11ClF3N3O2S2. The van der Waals surface area contributed by atoms with Crippen molar-refractivity contribution in [3.05, 3.63) is 52.6 Å². The monoisotopic (exact) mass is 421 g/mol. The van der Waals surface area contributed by atoms with Crippen LogP contribution in [0.3, 0.4) is 0 Å². The van der Waals surface area contributed by atoms with E-state index in [0.717, 1.165) is 36.7 Å². The first-order valence-corrected chi connectivity index (χ1v) is 9.80. The molecule has 2 heterocycles. The van der Waals surface area contributed by atoms with Crippen LogP contribution >= 0.6 is 22.9 Å². The molecule has 3 aromatic rings. The Labute approximate surface area is 156 Å². The lowest BCUT2D eigenvalue weighted by Gasteiger charge is -2.29. The van der Waals surface area contributed by atoms with Gasteiger partial charge in [-0.25, -0.2) is 18.4 Å². The minimum atomic E-state index is -4.82. The number of thiazole rings is 1. The fourth-order valence-electron chi connectivity index (χ4n) is 2.43. The second-order valence-electron chi connectivity index (χ2n) is 5.36. The fraction of sp³-hybridized carbons (Fsp3) is 0.200. The summed E-state index contributed by atoms with van der Waals surface area (Å²) < 4.78 is 67.2. The van der Waals surface area contributed by atoms with E-state index in [1.807, 2.05) is 0 Å². The third-order valence-corrected chi connectivity index (χ3v) is 6.50. The smallest absolute Gasteiger partial charge is 0.234 e. The van der Waals surface area contributed by atoms with Gasteiger partial charge in [-0.2, -0.15) is 17.5 Å². The first kappa shape index (κ1) is 19.0. The summed E-state index contributed by atoms with van der Waals surface area (Å²) in [7, 11) is -3.56. The van der Waals surface area contributed by atoms with Gasteiger partial charge in [0.1, 0.15) is 10.9 Å². The molecule has 0 aliphatic rings. The quantitative estimate of drug-likeness (QED) is 0.631. The van der Waals surface area contributed by atoms with Crippen LogP contribution in [-0.4, -0.2) is 35.9 Å². The van der Waals surface area contributed by atoms with Crippen LogP contribution in [0.25, 0.3) is 10.3 Å². The molecule has 11 heteroatoms. The SMILES string of the molecule is CN(C(c1ccc(Cl)cc1)C(F)(F)F)S(=O)(=O)c1cnc2ncsc2c1. The average molecular weight is 422 g/mol. The first-order chi connectivity index (χ1) is 12.1. The van der Waals surface area contributed by atoms with Crippen molar-refractivity contribution in [3.8, 4) is 0 Å². The van der Waals surface area contributed by atoms with Crippen LogP contribution in [0, 0.1) is 0 Å². The number of aromatic nitrogens is 2. The molecule has 1 atom stereocenters. The lowest BCUT2D eigenvalue weighted by atomic mass is 10.1. The largest absolute Gasteiger partial charge is 0.409 e. The molecule has 0 saturated carbocycles. The Balaban J connectivity index is 2.07. The van der Waals surface area contributed by atoms with Crippen molar-refractivity contribution in [1.82, 2.24) is 14.3 Å². The molecule has 1 unspecified atom stereocenters. The van der Waals surface area contributed by atoms with Crippen LogP contribution in [0.2, 0.25) is 5.02 Å². The van der Waals surface area contributed by atoms with E-state index >= 15 is 0 Å². The first-order valence-electron chi connectivity index (χ1n) is 7.10. The maximum Gasteiger partial charge on any atom is 0.409 e. The molecule has 0 amide bonds. The van der Waals surface area contributed by atoms with E-state index in [4.69, 9.17) is 11.6 Å². The lowest BCUT2D eigenvalue weighted by Crippen LogP contribution is -2.39. The van der Waals surface area contributed by atoms with Crippen LogP contribution in [0.15, 0.2) is 46.9 Å². The summed E-state index contributed by atoms with van der Waals surface area (Å²) in [5.74, 6) is 0. The van der Waals surface area contributed by atoms with Crippen LogP contribution in [0.1, 0.15) is 11.6 Å². The van der Waals surface area contributed by atoms with Crippen LogP contribution in [0.4, 0.5) is 13.2 Å². The lowest BCUT2D eigenvalue weighted by molar-refractivity contribution is -0.171. The van der Waals surface area contributed by atoms with Gasteiger partial charge in [0.25, 0.3) is 0 Å². The molecule has 0 N–H and O–H groups in total. The van der Waals surface area contributed by atoms with Gasteiger partial charge in [0.15, 0.2) is 5.65 Å². The number of nitrogens with zero attached hydrogens (tertiary/aromatic N) is 3. The highest BCUT2D eigenvalue weighted by Crippen LogP contribution is 2.40. The van der Waals surface area contributed by atoms with Gasteiger partial charge in [-0.1, -0.05) is 23.7 Å². The van der Waals surface area contributed by atoms with Crippen molar-refractivity contribution in [2.45, 2.75) is 17.1 Å². The Morgan fingerprint density at radius 1 is 1.19 bits per heavy atom. The average Bonchev–Trinajstić information content (AvgIpc) is 3.03. The maximum atomic E-state index is 13.6. The number of hydrogen-bond donors (Lipinski definition) is 0. The van der Waals surface area contributed by atoms with Crippen molar-refractivity contribution < 1.29 is 21.6 Å². The van der Waals surface area contributed by atoms with E-state index in [-0.39, 0.29) is 15.5 Å². The Hall–Kier alpha value is -1.75. The second kappa shape index (κ2) is 6.76. The summed E-state index contributed by atoms with van der Waals surface area (Å²) in [6.07, 6.45) is -3.82. The predicted octanol–water partition coefficient (Wildman–Crippen LogP) is 4.27. The number of rotatable bonds is 4. The van der Waals surface area contributed by atoms with Gasteiger partial charge in [0.2, 0.25) is 10.0 Å². The standard InChI is InChI=1S/C15H11ClF3N3O2S2/c1-22(13(15(17,18)19)9-2-4-10(16)5-3-9)26(23,24)11-6-12-14(20-7-11)21-8-25-12/h2-8,13H,1H3. The highest BCUT2D eigenvalue weighted by atomic mass is 35.5. The highest BCUT2D eigenvalue weighted by molar-refractivity contribution is 7.89. The summed E-state index contributed by atoms with van der Waals surface area (Å²) in [5.41, 5.74) is 1.57. The Morgan fingerprint density at radius 3 is 2.46 bits per heavy atom. The summed E-state index contributed by atoms with van der Waals surface area (Å²) in [6.45, 7) is 0. The maximum absolute atomic E-state index is 13.6. The number of halogens is 4. The Morgan fingerprint density at radius 2 is 1.85 bits per heavy atom. The molecule has 0 fully saturated rings. The zero-order chi connectivity index (χ0) is 19.1. The van der Waals surface area contributed by atoms with Gasteiger partial charge >= 0.3 is 6.18 Å². The highest BCUT2D eigenvalue weighted by Gasteiger charge is 2.47. The van der Waals surface area contributed by atoms with Crippen molar-refractivity contribution in [3.63, 3.8) is 0 Å². The molecule has 138 valence electrons. The number of benzene rings is 1. The van der Waals surface area contributed by atoms with Crippen LogP contribution in [-0.2, 0) is 10.0 Å². The van der Waals surface area contributed by atoms with Crippen molar-refractivity contribution >= 4 is 43.3 Å². The fourth-order valence-corrected chi connectivity index (χ4v) is 4.61. The van der Waals surface area contributed by atoms with E-state index in [1.54, 1.807) is 0 Å². The zero-order valence-corrected chi connectivity index (χ0v) is 15.5. The molecule has 0 aliphatic heterocycles. The Bertz CT molecular complexity index is 1040. The number of alkyl halides is 3. The zero-order valence-electron chi connectivity index (χ0n) is 13.1. The van der Waals surface area contributed by atoms with Crippen molar-refractivity contribution in [2.24, 2.45) is 0 Å². The van der Waals surface area contributed by atoms with Gasteiger partial charge in [-0.3, -0.25) is 0 Å². The molecule has 2 aromatic heterocycles. The molecule has 3 rings (SSSR count). The molecule has 0 radical (unpaired) electrons. The molecule has 5 nitrogen and oxygen atoms in total.